The number of guanidine groups is 1. The lowest BCUT2D eigenvalue weighted by molar-refractivity contribution is -0.116. The molecule has 2 heterocycles. The summed E-state index contributed by atoms with van der Waals surface area (Å²) in [7, 11) is 0. The van der Waals surface area contributed by atoms with Crippen LogP contribution in [-0.4, -0.2) is 43.1 Å². The van der Waals surface area contributed by atoms with Gasteiger partial charge in [-0.05, 0) is 55.2 Å². The summed E-state index contributed by atoms with van der Waals surface area (Å²) in [5.74, 6) is 1.68. The molecular formula is C24H29N5O2. The van der Waals surface area contributed by atoms with E-state index >= 15 is 0 Å². The van der Waals surface area contributed by atoms with Gasteiger partial charge >= 0.3 is 0 Å². The second-order valence-corrected chi connectivity index (χ2v) is 7.51. The summed E-state index contributed by atoms with van der Waals surface area (Å²) in [5, 5.41) is 10.8. The van der Waals surface area contributed by atoms with Crippen LogP contribution in [0, 0.1) is 0 Å². The Balaban J connectivity index is 1.25. The number of hydrogen-bond acceptors (Lipinski definition) is 3. The van der Waals surface area contributed by atoms with E-state index in [-0.39, 0.29) is 5.91 Å². The fourth-order valence-corrected chi connectivity index (χ4v) is 3.76. The van der Waals surface area contributed by atoms with Crippen molar-refractivity contribution < 1.29 is 9.53 Å². The van der Waals surface area contributed by atoms with Crippen LogP contribution < -0.4 is 20.7 Å². The lowest BCUT2D eigenvalue weighted by Gasteiger charge is -2.18. The highest BCUT2D eigenvalue weighted by Crippen LogP contribution is 2.26. The fraction of sp³-hybridized carbons (Fsp3) is 0.333. The molecule has 1 aliphatic rings. The minimum Gasteiger partial charge on any atom is -0.492 e. The lowest BCUT2D eigenvalue weighted by Crippen LogP contribution is -2.39. The molecule has 0 saturated carbocycles. The number of aryl methyl sites for hydroxylation is 1. The molecule has 4 rings (SSSR count). The van der Waals surface area contributed by atoms with E-state index in [9.17, 15) is 4.79 Å². The number of benzene rings is 2. The van der Waals surface area contributed by atoms with E-state index in [1.165, 1.54) is 10.9 Å². The van der Waals surface area contributed by atoms with Gasteiger partial charge in [0.2, 0.25) is 5.91 Å². The van der Waals surface area contributed by atoms with Crippen molar-refractivity contribution in [3.63, 3.8) is 0 Å². The monoisotopic (exact) mass is 419 g/mol. The number of H-pyrrole nitrogens is 1. The average molecular weight is 420 g/mol. The van der Waals surface area contributed by atoms with Gasteiger partial charge in [-0.15, -0.1) is 0 Å². The number of aromatic nitrogens is 1. The summed E-state index contributed by atoms with van der Waals surface area (Å²) in [4.78, 5) is 19.5. The van der Waals surface area contributed by atoms with Crippen LogP contribution in [0.5, 0.6) is 5.75 Å². The molecule has 0 unspecified atom stereocenters. The van der Waals surface area contributed by atoms with Gasteiger partial charge in [-0.3, -0.25) is 9.79 Å². The predicted molar refractivity (Wildman–Crippen MR) is 125 cm³/mol. The van der Waals surface area contributed by atoms with E-state index in [0.29, 0.717) is 26.1 Å². The quantitative estimate of drug-likeness (QED) is 0.256. The summed E-state index contributed by atoms with van der Waals surface area (Å²) in [6, 6.07) is 14.1. The topological polar surface area (TPSA) is 90.5 Å². The number of para-hydroxylation sites is 1. The first-order chi connectivity index (χ1) is 15.2. The maximum Gasteiger partial charge on any atom is 0.224 e. The van der Waals surface area contributed by atoms with E-state index < -0.39 is 0 Å². The number of fused-ring (bicyclic) bond motifs is 2. The van der Waals surface area contributed by atoms with Crippen LogP contribution in [0.3, 0.4) is 0 Å². The third kappa shape index (κ3) is 5.36. The van der Waals surface area contributed by atoms with Gasteiger partial charge in [-0.1, -0.05) is 18.2 Å². The highest BCUT2D eigenvalue weighted by molar-refractivity contribution is 5.94. The van der Waals surface area contributed by atoms with E-state index in [4.69, 9.17) is 4.74 Å². The first-order valence-corrected chi connectivity index (χ1v) is 10.9. The van der Waals surface area contributed by atoms with Crippen molar-refractivity contribution in [1.29, 1.82) is 0 Å². The molecule has 0 atom stereocenters. The fourth-order valence-electron chi connectivity index (χ4n) is 3.76. The van der Waals surface area contributed by atoms with E-state index in [2.05, 4.69) is 57.2 Å². The zero-order valence-corrected chi connectivity index (χ0v) is 17.8. The molecule has 7 nitrogen and oxygen atoms in total. The summed E-state index contributed by atoms with van der Waals surface area (Å²) >= 11 is 0. The number of anilines is 1. The van der Waals surface area contributed by atoms with Crippen molar-refractivity contribution >= 4 is 28.5 Å². The van der Waals surface area contributed by atoms with Crippen LogP contribution in [0.4, 0.5) is 5.69 Å². The highest BCUT2D eigenvalue weighted by atomic mass is 16.5. The van der Waals surface area contributed by atoms with Gasteiger partial charge < -0.3 is 25.7 Å². The van der Waals surface area contributed by atoms with Crippen molar-refractivity contribution in [2.75, 3.05) is 31.6 Å². The molecule has 2 aromatic carbocycles. The van der Waals surface area contributed by atoms with Gasteiger partial charge in [-0.2, -0.15) is 0 Å². The first kappa shape index (κ1) is 20.8. The molecular weight excluding hydrogens is 390 g/mol. The zero-order valence-electron chi connectivity index (χ0n) is 17.8. The Labute approximate surface area is 182 Å². The van der Waals surface area contributed by atoms with Crippen LogP contribution in [-0.2, 0) is 17.6 Å². The molecule has 4 N–H and O–H groups in total. The molecule has 0 saturated heterocycles. The number of carbonyl (C=O) groups is 1. The zero-order chi connectivity index (χ0) is 21.5. The Bertz CT molecular complexity index is 1070. The standard InChI is InChI=1S/C24H29N5O2/c1-2-25-24(26-12-11-18-16-28-22-6-4-3-5-20(18)22)27-13-14-31-19-8-9-21-17(15-19)7-10-23(30)29-21/h3-6,8-9,15-16,28H,2,7,10-14H2,1H3,(H,29,30)(H2,25,26,27). The number of nitrogens with zero attached hydrogens (tertiary/aromatic N) is 1. The van der Waals surface area contributed by atoms with Crippen LogP contribution in [0.15, 0.2) is 53.7 Å². The minimum absolute atomic E-state index is 0.0744. The summed E-state index contributed by atoms with van der Waals surface area (Å²) in [6.07, 6.45) is 4.23. The van der Waals surface area contributed by atoms with Crippen LogP contribution in [0.25, 0.3) is 10.9 Å². The molecule has 3 aromatic rings. The number of carbonyl (C=O) groups excluding carboxylic acids is 1. The average Bonchev–Trinajstić information content (AvgIpc) is 3.20. The Morgan fingerprint density at radius 1 is 1.16 bits per heavy atom. The van der Waals surface area contributed by atoms with Gasteiger partial charge in [0, 0.05) is 42.3 Å². The maximum absolute atomic E-state index is 11.5. The minimum atomic E-state index is 0.0744. The summed E-state index contributed by atoms with van der Waals surface area (Å²) < 4.78 is 5.88. The number of aromatic amines is 1. The van der Waals surface area contributed by atoms with Gasteiger partial charge in [0.25, 0.3) is 0 Å². The third-order valence-corrected chi connectivity index (χ3v) is 5.31. The Morgan fingerprint density at radius 3 is 2.97 bits per heavy atom. The number of amides is 1. The van der Waals surface area contributed by atoms with E-state index in [1.807, 2.05) is 24.3 Å². The molecule has 0 spiro atoms. The molecule has 162 valence electrons. The summed E-state index contributed by atoms with van der Waals surface area (Å²) in [5.41, 5.74) is 4.45. The molecule has 0 bridgehead atoms. The Morgan fingerprint density at radius 2 is 2.06 bits per heavy atom. The van der Waals surface area contributed by atoms with Crippen molar-refractivity contribution in [3.8, 4) is 5.75 Å². The molecule has 1 aromatic heterocycles. The number of hydrogen-bond donors (Lipinski definition) is 4. The normalized spacial score (nSPS) is 13.6. The second kappa shape index (κ2) is 10.0. The van der Waals surface area contributed by atoms with Crippen molar-refractivity contribution in [2.45, 2.75) is 26.2 Å². The molecule has 31 heavy (non-hydrogen) atoms. The van der Waals surface area contributed by atoms with Crippen LogP contribution in [0.1, 0.15) is 24.5 Å². The summed E-state index contributed by atoms with van der Waals surface area (Å²) in [6.45, 7) is 4.73. The van der Waals surface area contributed by atoms with Gasteiger partial charge in [-0.25, -0.2) is 0 Å². The van der Waals surface area contributed by atoms with Crippen LogP contribution in [0.2, 0.25) is 0 Å². The molecule has 1 amide bonds. The van der Waals surface area contributed by atoms with Gasteiger partial charge in [0.05, 0.1) is 6.54 Å². The van der Waals surface area contributed by atoms with Crippen molar-refractivity contribution in [2.24, 2.45) is 4.99 Å². The second-order valence-electron chi connectivity index (χ2n) is 7.51. The van der Waals surface area contributed by atoms with Gasteiger partial charge in [0.1, 0.15) is 12.4 Å². The number of aliphatic imine (C=N–C) groups is 1. The molecule has 0 fully saturated rings. The Kier molecular flexibility index (Phi) is 6.72. The first-order valence-electron chi connectivity index (χ1n) is 10.9. The predicted octanol–water partition coefficient (Wildman–Crippen LogP) is 3.23. The van der Waals surface area contributed by atoms with E-state index in [0.717, 1.165) is 47.9 Å². The largest absolute Gasteiger partial charge is 0.492 e. The smallest absolute Gasteiger partial charge is 0.224 e. The number of ether oxygens (including phenoxy) is 1. The van der Waals surface area contributed by atoms with Crippen LogP contribution >= 0.6 is 0 Å². The maximum atomic E-state index is 11.5. The lowest BCUT2D eigenvalue weighted by atomic mass is 10.0. The third-order valence-electron chi connectivity index (χ3n) is 5.31. The molecule has 0 aliphatic carbocycles. The molecule has 0 radical (unpaired) electrons. The number of nitrogens with one attached hydrogen (secondary N) is 4. The van der Waals surface area contributed by atoms with E-state index in [1.54, 1.807) is 0 Å². The van der Waals surface area contributed by atoms with Crippen molar-refractivity contribution in [1.82, 2.24) is 15.6 Å². The number of rotatable bonds is 8. The van der Waals surface area contributed by atoms with Crippen molar-refractivity contribution in [3.05, 3.63) is 59.8 Å². The SMILES string of the molecule is CCNC(=NCCc1c[nH]c2ccccc12)NCCOc1ccc2c(c1)CCC(=O)N2. The van der Waals surface area contributed by atoms with Gasteiger partial charge in [0.15, 0.2) is 5.96 Å². The Hall–Kier alpha value is -3.48. The molecule has 1 aliphatic heterocycles. The molecule has 7 heteroatoms. The highest BCUT2D eigenvalue weighted by Gasteiger charge is 2.15.